The maximum absolute atomic E-state index is 14.1. The van der Waals surface area contributed by atoms with Crippen LogP contribution in [0.2, 0.25) is 15.1 Å². The predicted octanol–water partition coefficient (Wildman–Crippen LogP) is 7.06. The third-order valence-corrected chi connectivity index (χ3v) is 6.71. The number of carboxylic acid groups (broad SMARTS) is 1. The third kappa shape index (κ3) is 3.43. The molecule has 0 spiro atoms. The zero-order valence-corrected chi connectivity index (χ0v) is 18.3. The van der Waals surface area contributed by atoms with Crippen molar-refractivity contribution in [2.24, 2.45) is 0 Å². The summed E-state index contributed by atoms with van der Waals surface area (Å²) in [5, 5.41) is 11.5. The molecule has 3 nitrogen and oxygen atoms in total. The molecule has 1 aliphatic heterocycles. The zero-order chi connectivity index (χ0) is 20.2. The van der Waals surface area contributed by atoms with Crippen molar-refractivity contribution in [1.82, 2.24) is 4.57 Å². The summed E-state index contributed by atoms with van der Waals surface area (Å²) in [5.74, 6) is -1.36. The second-order valence-electron chi connectivity index (χ2n) is 6.91. The summed E-state index contributed by atoms with van der Waals surface area (Å²) in [4.78, 5) is 11.4. The highest BCUT2D eigenvalue weighted by Crippen LogP contribution is 2.44. The largest absolute Gasteiger partial charge is 0.481 e. The number of aromatic nitrogens is 1. The highest BCUT2D eigenvalue weighted by Gasteiger charge is 2.32. The molecule has 1 N–H and O–H groups in total. The molecule has 28 heavy (non-hydrogen) atoms. The van der Waals surface area contributed by atoms with Crippen molar-refractivity contribution in [3.05, 3.63) is 66.4 Å². The molecule has 8 heteroatoms. The predicted molar refractivity (Wildman–Crippen MR) is 113 cm³/mol. The Morgan fingerprint density at radius 3 is 2.50 bits per heavy atom. The average Bonchev–Trinajstić information content (AvgIpc) is 3.10. The van der Waals surface area contributed by atoms with E-state index in [0.717, 1.165) is 22.2 Å². The van der Waals surface area contributed by atoms with E-state index in [2.05, 4.69) is 15.9 Å². The van der Waals surface area contributed by atoms with E-state index in [1.165, 1.54) is 12.1 Å². The number of rotatable bonds is 4. The Hall–Kier alpha value is -1.27. The first-order valence-electron chi connectivity index (χ1n) is 8.61. The van der Waals surface area contributed by atoms with Crippen molar-refractivity contribution in [2.45, 2.75) is 31.7 Å². The van der Waals surface area contributed by atoms with E-state index >= 15 is 0 Å². The van der Waals surface area contributed by atoms with Crippen LogP contribution in [0.4, 0.5) is 4.39 Å². The van der Waals surface area contributed by atoms with Gasteiger partial charge in [0.15, 0.2) is 0 Å². The van der Waals surface area contributed by atoms with Crippen molar-refractivity contribution < 1.29 is 14.3 Å². The van der Waals surface area contributed by atoms with Crippen LogP contribution < -0.4 is 0 Å². The molecule has 0 amide bonds. The van der Waals surface area contributed by atoms with Crippen molar-refractivity contribution >= 4 is 67.6 Å². The van der Waals surface area contributed by atoms with Gasteiger partial charge in [-0.1, -0.05) is 34.8 Å². The molecule has 0 aliphatic carbocycles. The van der Waals surface area contributed by atoms with Crippen molar-refractivity contribution in [2.75, 3.05) is 0 Å². The Morgan fingerprint density at radius 1 is 1.18 bits per heavy atom. The minimum atomic E-state index is -0.859. The van der Waals surface area contributed by atoms with Crippen LogP contribution in [-0.4, -0.2) is 15.6 Å². The number of fused-ring (bicyclic) bond motifs is 3. The first-order chi connectivity index (χ1) is 13.3. The minimum absolute atomic E-state index is 0.0194. The number of nitrogens with zero attached hydrogens (tertiary/aromatic N) is 1. The first-order valence-corrected chi connectivity index (χ1v) is 10.5. The molecule has 2 heterocycles. The second-order valence-corrected chi connectivity index (χ2v) is 9.01. The Morgan fingerprint density at radius 2 is 1.86 bits per heavy atom. The molecule has 0 fully saturated rings. The molecular formula is C20H14BrCl3FNO2. The summed E-state index contributed by atoms with van der Waals surface area (Å²) in [6.07, 6.45) is 1.11. The number of carboxylic acids is 1. The van der Waals surface area contributed by atoms with E-state index in [0.29, 0.717) is 44.5 Å². The van der Waals surface area contributed by atoms with Gasteiger partial charge in [-0.25, -0.2) is 4.39 Å². The van der Waals surface area contributed by atoms with Gasteiger partial charge < -0.3 is 9.67 Å². The van der Waals surface area contributed by atoms with E-state index in [-0.39, 0.29) is 18.2 Å². The fraction of sp³-hybridized carbons (Fsp3) is 0.250. The average molecular weight is 506 g/mol. The Bertz CT molecular complexity index is 1110. The lowest BCUT2D eigenvalue weighted by Gasteiger charge is -2.13. The van der Waals surface area contributed by atoms with E-state index in [4.69, 9.17) is 34.8 Å². The summed E-state index contributed by atoms with van der Waals surface area (Å²) in [6, 6.07) is 6.17. The number of hydrogen-bond acceptors (Lipinski definition) is 1. The summed E-state index contributed by atoms with van der Waals surface area (Å²) in [6.45, 7) is 0.641. The molecule has 1 aromatic heterocycles. The number of aryl methyl sites for hydroxylation is 1. The lowest BCUT2D eigenvalue weighted by Crippen LogP contribution is -2.06. The van der Waals surface area contributed by atoms with E-state index in [1.807, 2.05) is 4.57 Å². The molecule has 4 rings (SSSR count). The molecular weight excluding hydrogens is 491 g/mol. The molecule has 0 saturated carbocycles. The van der Waals surface area contributed by atoms with Gasteiger partial charge in [0.05, 0.1) is 11.9 Å². The maximum Gasteiger partial charge on any atom is 0.304 e. The minimum Gasteiger partial charge on any atom is -0.481 e. The van der Waals surface area contributed by atoms with Gasteiger partial charge in [-0.05, 0) is 57.7 Å². The topological polar surface area (TPSA) is 42.2 Å². The van der Waals surface area contributed by atoms with Gasteiger partial charge >= 0.3 is 5.97 Å². The van der Waals surface area contributed by atoms with Gasteiger partial charge in [0, 0.05) is 49.5 Å². The standard InChI is InChI=1S/C20H14BrCl3FNO2/c21-14-6-11(25)7-17-19(14)13(8-12-15(23)4-10(22)5-16(12)24)20-9(3-18(27)28)1-2-26(17)20/h4-7,9H,1-3,8H2,(H,27,28). The number of carbonyl (C=O) groups is 1. The molecule has 0 saturated heterocycles. The monoisotopic (exact) mass is 503 g/mol. The van der Waals surface area contributed by atoms with E-state index < -0.39 is 5.97 Å². The van der Waals surface area contributed by atoms with Gasteiger partial charge in [-0.3, -0.25) is 4.79 Å². The molecule has 1 unspecified atom stereocenters. The second kappa shape index (κ2) is 7.52. The van der Waals surface area contributed by atoms with Crippen molar-refractivity contribution in [3.63, 3.8) is 0 Å². The molecule has 0 bridgehead atoms. The highest BCUT2D eigenvalue weighted by molar-refractivity contribution is 9.10. The van der Waals surface area contributed by atoms with Gasteiger partial charge in [0.25, 0.3) is 0 Å². The number of hydrogen-bond donors (Lipinski definition) is 1. The summed E-state index contributed by atoms with van der Waals surface area (Å²) in [5.41, 5.74) is 3.27. The quantitative estimate of drug-likeness (QED) is 0.413. The van der Waals surface area contributed by atoms with Crippen LogP contribution in [0.25, 0.3) is 10.9 Å². The lowest BCUT2D eigenvalue weighted by atomic mass is 9.92. The first kappa shape index (κ1) is 20.0. The van der Waals surface area contributed by atoms with Crippen LogP contribution in [0.15, 0.2) is 28.7 Å². The number of halogens is 5. The molecule has 3 aromatic rings. The van der Waals surface area contributed by atoms with Crippen LogP contribution in [0.1, 0.15) is 35.6 Å². The molecule has 146 valence electrons. The van der Waals surface area contributed by atoms with Crippen LogP contribution >= 0.6 is 50.7 Å². The fourth-order valence-electron chi connectivity index (χ4n) is 4.13. The van der Waals surface area contributed by atoms with Crippen molar-refractivity contribution in [3.8, 4) is 0 Å². The van der Waals surface area contributed by atoms with Gasteiger partial charge in [0.2, 0.25) is 0 Å². The van der Waals surface area contributed by atoms with Crippen LogP contribution in [-0.2, 0) is 17.8 Å². The zero-order valence-electron chi connectivity index (χ0n) is 14.4. The molecule has 2 aromatic carbocycles. The van der Waals surface area contributed by atoms with Crippen LogP contribution in [0.5, 0.6) is 0 Å². The number of benzene rings is 2. The fourth-order valence-corrected chi connectivity index (χ4v) is 5.74. The smallest absolute Gasteiger partial charge is 0.304 e. The molecule has 1 aliphatic rings. The van der Waals surface area contributed by atoms with Crippen LogP contribution in [0.3, 0.4) is 0 Å². The highest BCUT2D eigenvalue weighted by atomic mass is 79.9. The van der Waals surface area contributed by atoms with E-state index in [9.17, 15) is 14.3 Å². The summed E-state index contributed by atoms with van der Waals surface area (Å²) < 4.78 is 16.7. The molecule has 1 atom stereocenters. The third-order valence-electron chi connectivity index (χ3n) is 5.19. The Kier molecular flexibility index (Phi) is 5.38. The lowest BCUT2D eigenvalue weighted by molar-refractivity contribution is -0.137. The van der Waals surface area contributed by atoms with Gasteiger partial charge in [-0.15, -0.1) is 0 Å². The van der Waals surface area contributed by atoms with Crippen molar-refractivity contribution in [1.29, 1.82) is 0 Å². The summed E-state index contributed by atoms with van der Waals surface area (Å²) in [7, 11) is 0. The van der Waals surface area contributed by atoms with E-state index in [1.54, 1.807) is 12.1 Å². The SMILES string of the molecule is O=C(O)CC1CCn2c1c(Cc1c(Cl)cc(Cl)cc1Cl)c1c(Br)cc(F)cc12. The Balaban J connectivity index is 1.96. The normalized spacial score (nSPS) is 16.0. The molecule has 0 radical (unpaired) electrons. The number of aliphatic carboxylic acids is 1. The Labute approximate surface area is 184 Å². The van der Waals surface area contributed by atoms with Crippen LogP contribution in [0, 0.1) is 5.82 Å². The van der Waals surface area contributed by atoms with Gasteiger partial charge in [-0.2, -0.15) is 0 Å². The van der Waals surface area contributed by atoms with Gasteiger partial charge in [0.1, 0.15) is 5.82 Å². The summed E-state index contributed by atoms with van der Waals surface area (Å²) >= 11 is 22.3. The maximum atomic E-state index is 14.1.